The van der Waals surface area contributed by atoms with Gasteiger partial charge in [0.15, 0.2) is 0 Å². The van der Waals surface area contributed by atoms with Crippen LogP contribution in [0.25, 0.3) is 0 Å². The number of carbonyl (C=O) groups excluding carboxylic acids is 1. The molecule has 1 aromatic heterocycles. The molecule has 1 amide bonds. The second kappa shape index (κ2) is 9.43. The monoisotopic (exact) mass is 403 g/mol. The van der Waals surface area contributed by atoms with Crippen LogP contribution >= 0.6 is 11.6 Å². The predicted octanol–water partition coefficient (Wildman–Crippen LogP) is 2.79. The van der Waals surface area contributed by atoms with Gasteiger partial charge in [0.05, 0.1) is 5.69 Å². The first kappa shape index (κ1) is 20.7. The van der Waals surface area contributed by atoms with Gasteiger partial charge >= 0.3 is 0 Å². The third-order valence-corrected chi connectivity index (χ3v) is 5.52. The molecule has 0 spiro atoms. The van der Waals surface area contributed by atoms with E-state index in [1.165, 1.54) is 11.3 Å². The van der Waals surface area contributed by atoms with Crippen molar-refractivity contribution in [1.82, 2.24) is 20.0 Å². The molecule has 2 heterocycles. The van der Waals surface area contributed by atoms with Gasteiger partial charge in [0, 0.05) is 68.6 Å². The van der Waals surface area contributed by atoms with Crippen molar-refractivity contribution in [3.8, 4) is 0 Å². The molecular weight excluding hydrogens is 374 g/mol. The van der Waals surface area contributed by atoms with E-state index in [1.54, 1.807) is 0 Å². The fraction of sp³-hybridized carbons (Fsp3) is 0.524. The summed E-state index contributed by atoms with van der Waals surface area (Å²) in [5, 5.41) is 8.21. The Morgan fingerprint density at radius 2 is 1.86 bits per heavy atom. The molecule has 1 N–H and O–H groups in total. The van der Waals surface area contributed by atoms with Gasteiger partial charge in [0.2, 0.25) is 5.91 Å². The van der Waals surface area contributed by atoms with E-state index in [9.17, 15) is 4.79 Å². The maximum atomic E-state index is 12.1. The molecule has 0 aliphatic carbocycles. The number of benzene rings is 1. The molecule has 6 nitrogen and oxygen atoms in total. The van der Waals surface area contributed by atoms with Crippen LogP contribution in [0, 0.1) is 20.8 Å². The molecule has 3 rings (SSSR count). The third kappa shape index (κ3) is 5.49. The summed E-state index contributed by atoms with van der Waals surface area (Å²) in [5.41, 5.74) is 4.57. The van der Waals surface area contributed by atoms with E-state index in [4.69, 9.17) is 11.6 Å². The van der Waals surface area contributed by atoms with E-state index in [-0.39, 0.29) is 5.91 Å². The van der Waals surface area contributed by atoms with Gasteiger partial charge in [0.1, 0.15) is 0 Å². The number of aryl methyl sites for hydroxylation is 4. The van der Waals surface area contributed by atoms with Crippen molar-refractivity contribution in [3.05, 3.63) is 46.2 Å². The number of nitrogens with zero attached hydrogens (tertiary/aromatic N) is 4. The van der Waals surface area contributed by atoms with Crippen molar-refractivity contribution in [2.75, 3.05) is 44.2 Å². The van der Waals surface area contributed by atoms with E-state index in [2.05, 4.69) is 39.3 Å². The summed E-state index contributed by atoms with van der Waals surface area (Å²) in [7, 11) is 0. The molecule has 28 heavy (non-hydrogen) atoms. The quantitative estimate of drug-likeness (QED) is 0.772. The number of hydrogen-bond donors (Lipinski definition) is 1. The van der Waals surface area contributed by atoms with Gasteiger partial charge in [-0.15, -0.1) is 0 Å². The van der Waals surface area contributed by atoms with Gasteiger partial charge in [-0.25, -0.2) is 0 Å². The number of anilines is 1. The number of halogens is 1. The molecule has 0 unspecified atom stereocenters. The van der Waals surface area contributed by atoms with Gasteiger partial charge in [-0.1, -0.05) is 17.7 Å². The van der Waals surface area contributed by atoms with Crippen LogP contribution in [0.2, 0.25) is 5.02 Å². The summed E-state index contributed by atoms with van der Waals surface area (Å²) in [6.07, 6.45) is 0.462. The Morgan fingerprint density at radius 3 is 2.54 bits per heavy atom. The van der Waals surface area contributed by atoms with E-state index in [0.29, 0.717) is 19.5 Å². The van der Waals surface area contributed by atoms with Gasteiger partial charge < -0.3 is 10.2 Å². The summed E-state index contributed by atoms with van der Waals surface area (Å²) in [4.78, 5) is 16.9. The summed E-state index contributed by atoms with van der Waals surface area (Å²) < 4.78 is 1.89. The van der Waals surface area contributed by atoms with Crippen molar-refractivity contribution < 1.29 is 4.79 Å². The average Bonchev–Trinajstić information content (AvgIpc) is 3.00. The minimum atomic E-state index is 0.0840. The maximum Gasteiger partial charge on any atom is 0.221 e. The number of carbonyl (C=O) groups is 1. The van der Waals surface area contributed by atoms with Crippen LogP contribution in [0.4, 0.5) is 5.69 Å². The van der Waals surface area contributed by atoms with Crippen molar-refractivity contribution in [2.45, 2.75) is 33.7 Å². The topological polar surface area (TPSA) is 53.4 Å². The second-order valence-electron chi connectivity index (χ2n) is 7.51. The van der Waals surface area contributed by atoms with Gasteiger partial charge in [0.25, 0.3) is 0 Å². The molecule has 0 bridgehead atoms. The van der Waals surface area contributed by atoms with Crippen LogP contribution in [0.15, 0.2) is 24.3 Å². The van der Waals surface area contributed by atoms with Crippen molar-refractivity contribution in [1.29, 1.82) is 0 Å². The van der Waals surface area contributed by atoms with Crippen LogP contribution in [-0.4, -0.2) is 59.9 Å². The summed E-state index contributed by atoms with van der Waals surface area (Å²) >= 11 is 6.15. The van der Waals surface area contributed by atoms with E-state index in [1.807, 2.05) is 30.7 Å². The smallest absolute Gasteiger partial charge is 0.221 e. The zero-order chi connectivity index (χ0) is 20.1. The summed E-state index contributed by atoms with van der Waals surface area (Å²) in [5.74, 6) is 0.0840. The molecule has 1 aliphatic rings. The summed E-state index contributed by atoms with van der Waals surface area (Å²) in [6.45, 7) is 12.3. The lowest BCUT2D eigenvalue weighted by Gasteiger charge is -2.36. The van der Waals surface area contributed by atoms with Gasteiger partial charge in [-0.2, -0.15) is 5.10 Å². The largest absolute Gasteiger partial charge is 0.369 e. The Balaban J connectivity index is 1.35. The zero-order valence-electron chi connectivity index (χ0n) is 17.0. The molecule has 1 aromatic carbocycles. The minimum Gasteiger partial charge on any atom is -0.369 e. The normalized spacial score (nSPS) is 15.1. The van der Waals surface area contributed by atoms with Crippen LogP contribution < -0.4 is 10.2 Å². The number of nitrogens with one attached hydrogen (secondary N) is 1. The molecular formula is C21H30ClN5O. The van der Waals surface area contributed by atoms with Crippen molar-refractivity contribution >= 4 is 23.2 Å². The van der Waals surface area contributed by atoms with Gasteiger partial charge in [-0.05, 0) is 44.5 Å². The number of aromatic nitrogens is 2. The molecule has 1 saturated heterocycles. The van der Waals surface area contributed by atoms with E-state index >= 15 is 0 Å². The van der Waals surface area contributed by atoms with Crippen molar-refractivity contribution in [2.24, 2.45) is 0 Å². The highest BCUT2D eigenvalue weighted by Crippen LogP contribution is 2.25. The third-order valence-electron chi connectivity index (χ3n) is 5.29. The van der Waals surface area contributed by atoms with Crippen LogP contribution in [0.3, 0.4) is 0 Å². The van der Waals surface area contributed by atoms with Gasteiger partial charge in [-0.3, -0.25) is 14.4 Å². The standard InChI is InChI=1S/C21H30ClN5O/c1-16-4-5-19(22)15-20(16)26-12-10-25(11-13-26)9-7-23-21(28)6-8-27-18(3)14-17(2)24-27/h4-5,14-15H,6-13H2,1-3H3,(H,23,28). The predicted molar refractivity (Wildman–Crippen MR) is 114 cm³/mol. The van der Waals surface area contributed by atoms with Crippen LogP contribution in [0.5, 0.6) is 0 Å². The average molecular weight is 404 g/mol. The first-order valence-electron chi connectivity index (χ1n) is 9.93. The fourth-order valence-electron chi connectivity index (χ4n) is 3.69. The molecule has 0 radical (unpaired) electrons. The molecule has 1 aliphatic heterocycles. The van der Waals surface area contributed by atoms with E-state index in [0.717, 1.165) is 49.1 Å². The molecule has 152 valence electrons. The zero-order valence-corrected chi connectivity index (χ0v) is 17.8. The van der Waals surface area contributed by atoms with E-state index < -0.39 is 0 Å². The Kier molecular flexibility index (Phi) is 6.97. The number of hydrogen-bond acceptors (Lipinski definition) is 4. The molecule has 0 saturated carbocycles. The Bertz CT molecular complexity index is 811. The minimum absolute atomic E-state index is 0.0840. The Hall–Kier alpha value is -2.05. The second-order valence-corrected chi connectivity index (χ2v) is 7.95. The first-order chi connectivity index (χ1) is 13.4. The lowest BCUT2D eigenvalue weighted by molar-refractivity contribution is -0.121. The molecule has 7 heteroatoms. The number of rotatable bonds is 7. The number of amides is 1. The lowest BCUT2D eigenvalue weighted by atomic mass is 10.1. The number of piperazine rings is 1. The Morgan fingerprint density at radius 1 is 1.11 bits per heavy atom. The highest BCUT2D eigenvalue weighted by Gasteiger charge is 2.18. The van der Waals surface area contributed by atoms with Crippen molar-refractivity contribution in [3.63, 3.8) is 0 Å². The SMILES string of the molecule is Cc1cc(C)n(CCC(=O)NCCN2CCN(c3cc(Cl)ccc3C)CC2)n1. The summed E-state index contributed by atoms with van der Waals surface area (Å²) in [6, 6.07) is 8.10. The highest BCUT2D eigenvalue weighted by atomic mass is 35.5. The van der Waals surface area contributed by atoms with Crippen LogP contribution in [-0.2, 0) is 11.3 Å². The maximum absolute atomic E-state index is 12.1. The van der Waals surface area contributed by atoms with Crippen LogP contribution in [0.1, 0.15) is 23.4 Å². The Labute approximate surface area is 172 Å². The first-order valence-corrected chi connectivity index (χ1v) is 10.3. The molecule has 1 fully saturated rings. The fourth-order valence-corrected chi connectivity index (χ4v) is 3.85. The lowest BCUT2D eigenvalue weighted by Crippen LogP contribution is -2.48. The highest BCUT2D eigenvalue weighted by molar-refractivity contribution is 6.30. The molecule has 2 aromatic rings. The molecule has 0 atom stereocenters.